The van der Waals surface area contributed by atoms with Crippen molar-refractivity contribution in [3.05, 3.63) is 70.0 Å². The lowest BCUT2D eigenvalue weighted by atomic mass is 10.2. The number of aromatic amines is 1. The number of aromatic nitrogens is 3. The molecule has 136 valence electrons. The molecule has 1 aromatic heterocycles. The number of carbonyl (C=O) groups is 1. The largest absolute Gasteiger partial charge is 0.507 e. The molecule has 0 bridgehead atoms. The van der Waals surface area contributed by atoms with Crippen LogP contribution in [-0.2, 0) is 0 Å². The number of nitro benzene ring substituents is 1. The van der Waals surface area contributed by atoms with Gasteiger partial charge < -0.3 is 5.11 Å². The second-order valence-electron chi connectivity index (χ2n) is 5.09. The van der Waals surface area contributed by atoms with Gasteiger partial charge in [-0.3, -0.25) is 20.0 Å². The highest BCUT2D eigenvalue weighted by Crippen LogP contribution is 2.33. The molecule has 3 aromatic rings. The van der Waals surface area contributed by atoms with E-state index in [-0.39, 0.29) is 17.0 Å². The van der Waals surface area contributed by atoms with Crippen LogP contribution in [-0.4, -0.2) is 37.3 Å². The molecule has 0 saturated heterocycles. The number of hydrazone groups is 1. The summed E-state index contributed by atoms with van der Waals surface area (Å²) < 4.78 is 0. The fourth-order valence-electron chi connectivity index (χ4n) is 2.08. The molecule has 0 aliphatic heterocycles. The maximum Gasteiger partial charge on any atom is 0.283 e. The van der Waals surface area contributed by atoms with E-state index in [9.17, 15) is 20.0 Å². The van der Waals surface area contributed by atoms with E-state index in [0.717, 1.165) is 11.8 Å². The maximum absolute atomic E-state index is 11.9. The fraction of sp³-hybridized carbons (Fsp3) is 0. The second kappa shape index (κ2) is 8.10. The zero-order chi connectivity index (χ0) is 19.2. The topological polar surface area (TPSA) is 146 Å². The lowest BCUT2D eigenvalue weighted by Crippen LogP contribution is -2.17. The van der Waals surface area contributed by atoms with E-state index in [0.29, 0.717) is 15.6 Å². The Morgan fingerprint density at radius 1 is 1.33 bits per heavy atom. The Morgan fingerprint density at radius 2 is 2.15 bits per heavy atom. The number of carbonyl (C=O) groups excluding carboxylic acids is 1. The number of phenols is 1. The third kappa shape index (κ3) is 4.46. The summed E-state index contributed by atoms with van der Waals surface area (Å²) in [6.07, 6.45) is 2.58. The van der Waals surface area contributed by atoms with Gasteiger partial charge in [0, 0.05) is 11.6 Å². The van der Waals surface area contributed by atoms with E-state index >= 15 is 0 Å². The van der Waals surface area contributed by atoms with Gasteiger partial charge in [0.25, 0.3) is 11.6 Å². The minimum atomic E-state index is -0.601. The van der Waals surface area contributed by atoms with Crippen molar-refractivity contribution in [1.82, 2.24) is 20.6 Å². The Hall–Kier alpha value is -3.73. The number of amides is 1. The molecule has 10 nitrogen and oxygen atoms in total. The number of benzene rings is 2. The molecule has 1 heterocycles. The molecule has 0 aliphatic rings. The first-order valence-electron chi connectivity index (χ1n) is 7.47. The van der Waals surface area contributed by atoms with Crippen LogP contribution in [0.5, 0.6) is 5.75 Å². The molecule has 1 amide bonds. The quantitative estimate of drug-likeness (QED) is 0.336. The number of para-hydroxylation sites is 1. The summed E-state index contributed by atoms with van der Waals surface area (Å²) in [5.74, 6) is -0.772. The van der Waals surface area contributed by atoms with E-state index in [2.05, 4.69) is 25.7 Å². The SMILES string of the molecule is O=C(N/N=C\c1ccc(Sc2ncn[nH]2)c([N+](=O)[O-])c1)c1ccccc1O. The maximum atomic E-state index is 11.9. The lowest BCUT2D eigenvalue weighted by Gasteiger charge is -2.03. The third-order valence-electron chi connectivity index (χ3n) is 3.31. The van der Waals surface area contributed by atoms with Crippen molar-refractivity contribution in [3.8, 4) is 5.75 Å². The highest BCUT2D eigenvalue weighted by molar-refractivity contribution is 7.99. The molecule has 0 saturated carbocycles. The molecule has 2 aromatic carbocycles. The average Bonchev–Trinajstić information content (AvgIpc) is 3.16. The fourth-order valence-corrected chi connectivity index (χ4v) is 2.86. The molecule has 0 atom stereocenters. The van der Waals surface area contributed by atoms with Crippen LogP contribution in [0.4, 0.5) is 5.69 Å². The Labute approximate surface area is 156 Å². The summed E-state index contributed by atoms with van der Waals surface area (Å²) in [7, 11) is 0. The van der Waals surface area contributed by atoms with Gasteiger partial charge in [-0.1, -0.05) is 18.2 Å². The van der Waals surface area contributed by atoms with E-state index in [1.165, 1.54) is 30.7 Å². The van der Waals surface area contributed by atoms with Crippen LogP contribution in [0, 0.1) is 10.1 Å². The first kappa shape index (κ1) is 18.1. The van der Waals surface area contributed by atoms with Crippen molar-refractivity contribution in [1.29, 1.82) is 0 Å². The molecular formula is C16H12N6O4S. The van der Waals surface area contributed by atoms with Crippen molar-refractivity contribution in [2.75, 3.05) is 0 Å². The van der Waals surface area contributed by atoms with Crippen molar-refractivity contribution in [2.24, 2.45) is 5.10 Å². The van der Waals surface area contributed by atoms with Gasteiger partial charge in [-0.2, -0.15) is 10.2 Å². The van der Waals surface area contributed by atoms with E-state index in [4.69, 9.17) is 0 Å². The van der Waals surface area contributed by atoms with Gasteiger partial charge in [0.2, 0.25) is 0 Å². The highest BCUT2D eigenvalue weighted by Gasteiger charge is 2.16. The van der Waals surface area contributed by atoms with E-state index in [1.807, 2.05) is 0 Å². The Morgan fingerprint density at radius 3 is 2.85 bits per heavy atom. The van der Waals surface area contributed by atoms with Crippen LogP contribution in [0.15, 0.2) is 63.9 Å². The molecule has 0 radical (unpaired) electrons. The van der Waals surface area contributed by atoms with Crippen LogP contribution < -0.4 is 5.43 Å². The van der Waals surface area contributed by atoms with Gasteiger partial charge in [-0.25, -0.2) is 10.4 Å². The first-order chi connectivity index (χ1) is 13.0. The summed E-state index contributed by atoms with van der Waals surface area (Å²) in [6.45, 7) is 0. The zero-order valence-electron chi connectivity index (χ0n) is 13.6. The summed E-state index contributed by atoms with van der Waals surface area (Å²) in [5.41, 5.74) is 2.61. The molecule has 0 spiro atoms. The van der Waals surface area contributed by atoms with Crippen molar-refractivity contribution in [2.45, 2.75) is 10.1 Å². The number of phenolic OH excluding ortho intramolecular Hbond substituents is 1. The number of H-pyrrole nitrogens is 1. The normalized spacial score (nSPS) is 10.8. The van der Waals surface area contributed by atoms with Gasteiger partial charge in [0.05, 0.1) is 21.6 Å². The summed E-state index contributed by atoms with van der Waals surface area (Å²) >= 11 is 1.07. The van der Waals surface area contributed by atoms with Crippen LogP contribution in [0.2, 0.25) is 0 Å². The Balaban J connectivity index is 1.74. The summed E-state index contributed by atoms with van der Waals surface area (Å²) in [4.78, 5) is 27.0. The number of nitro groups is 1. The number of aromatic hydroxyl groups is 1. The van der Waals surface area contributed by atoms with Crippen LogP contribution in [0.1, 0.15) is 15.9 Å². The third-order valence-corrected chi connectivity index (χ3v) is 4.26. The van der Waals surface area contributed by atoms with Crippen molar-refractivity contribution < 1.29 is 14.8 Å². The molecule has 0 aliphatic carbocycles. The molecular weight excluding hydrogens is 372 g/mol. The van der Waals surface area contributed by atoms with E-state index < -0.39 is 10.8 Å². The second-order valence-corrected chi connectivity index (χ2v) is 6.12. The monoisotopic (exact) mass is 384 g/mol. The summed E-state index contributed by atoms with van der Waals surface area (Å²) in [6, 6.07) is 10.5. The number of hydrogen-bond donors (Lipinski definition) is 3. The molecule has 0 fully saturated rings. The van der Waals surface area contributed by atoms with Crippen LogP contribution >= 0.6 is 11.8 Å². The number of nitrogens with one attached hydrogen (secondary N) is 2. The zero-order valence-corrected chi connectivity index (χ0v) is 14.4. The minimum absolute atomic E-state index is 0.0689. The first-order valence-corrected chi connectivity index (χ1v) is 8.29. The number of nitrogens with zero attached hydrogens (tertiary/aromatic N) is 4. The molecule has 11 heteroatoms. The van der Waals surface area contributed by atoms with Crippen LogP contribution in [0.3, 0.4) is 0 Å². The summed E-state index contributed by atoms with van der Waals surface area (Å²) in [5, 5.41) is 31.4. The molecule has 0 unspecified atom stereocenters. The standard InChI is InChI=1S/C16H12N6O4S/c23-13-4-2-1-3-11(13)15(24)20-18-8-10-5-6-14(12(7-10)22(25)26)27-16-17-9-19-21-16/h1-9,23H,(H,20,24)(H,17,19,21)/b18-8-. The van der Waals surface area contributed by atoms with Crippen molar-refractivity contribution in [3.63, 3.8) is 0 Å². The molecule has 27 heavy (non-hydrogen) atoms. The van der Waals surface area contributed by atoms with Crippen LogP contribution in [0.25, 0.3) is 0 Å². The van der Waals surface area contributed by atoms with Gasteiger partial charge in [0.15, 0.2) is 5.16 Å². The average molecular weight is 384 g/mol. The predicted octanol–water partition coefficient (Wildman–Crippen LogP) is 2.33. The highest BCUT2D eigenvalue weighted by atomic mass is 32.2. The Kier molecular flexibility index (Phi) is 5.42. The predicted molar refractivity (Wildman–Crippen MR) is 96.8 cm³/mol. The van der Waals surface area contributed by atoms with E-state index in [1.54, 1.807) is 24.3 Å². The molecule has 3 N–H and O–H groups in total. The minimum Gasteiger partial charge on any atom is -0.507 e. The van der Waals surface area contributed by atoms with Gasteiger partial charge in [-0.05, 0) is 30.0 Å². The Bertz CT molecular complexity index is 1010. The lowest BCUT2D eigenvalue weighted by molar-refractivity contribution is -0.387. The number of rotatable bonds is 6. The van der Waals surface area contributed by atoms with Gasteiger partial charge in [0.1, 0.15) is 12.1 Å². The van der Waals surface area contributed by atoms with Gasteiger partial charge in [-0.15, -0.1) is 0 Å². The van der Waals surface area contributed by atoms with Gasteiger partial charge >= 0.3 is 0 Å². The van der Waals surface area contributed by atoms with Crippen molar-refractivity contribution >= 4 is 29.6 Å². The number of hydrogen-bond acceptors (Lipinski definition) is 8. The molecule has 3 rings (SSSR count). The smallest absolute Gasteiger partial charge is 0.283 e.